The molecule has 0 spiro atoms. The van der Waals surface area contributed by atoms with Crippen LogP contribution in [0, 0.1) is 5.41 Å². The van der Waals surface area contributed by atoms with Gasteiger partial charge in [-0.25, -0.2) is 0 Å². The first kappa shape index (κ1) is 28.2. The van der Waals surface area contributed by atoms with Gasteiger partial charge in [0, 0.05) is 40.9 Å². The smallest absolute Gasteiger partial charge is 0.229 e. The van der Waals surface area contributed by atoms with E-state index in [1.807, 2.05) is 101 Å². The van der Waals surface area contributed by atoms with Crippen LogP contribution in [0.4, 0.5) is 11.4 Å². The van der Waals surface area contributed by atoms with Gasteiger partial charge in [0.25, 0.3) is 0 Å². The van der Waals surface area contributed by atoms with Crippen LogP contribution in [0.5, 0.6) is 11.5 Å². The number of pyridine rings is 1. The number of carbonyl (C=O) groups is 1. The highest BCUT2D eigenvalue weighted by Crippen LogP contribution is 2.44. The van der Waals surface area contributed by atoms with E-state index in [9.17, 15) is 4.79 Å². The Morgan fingerprint density at radius 3 is 2.46 bits per heavy atom. The van der Waals surface area contributed by atoms with E-state index >= 15 is 0 Å². The number of aromatic nitrogens is 2. The van der Waals surface area contributed by atoms with Crippen LogP contribution in [-0.4, -0.2) is 34.3 Å². The fourth-order valence-corrected chi connectivity index (χ4v) is 5.26. The molecule has 1 saturated heterocycles. The van der Waals surface area contributed by atoms with Crippen LogP contribution in [0.1, 0.15) is 51.2 Å². The van der Waals surface area contributed by atoms with Crippen molar-refractivity contribution >= 4 is 34.6 Å². The van der Waals surface area contributed by atoms with Gasteiger partial charge in [-0.2, -0.15) is 0 Å². The standard InChI is InChI=1S/C32H35N5O3S/c1-6-40-23-15-12-21(13-16-23)36-19-9-11-26(36)29-28(25-10-7-8-18-33-25)35-31(41)37(29)22-14-17-24(27(20-22)39-5)34-30(38)32(2,3)4/h7-20,28-29H,6H2,1-5H3,(H,34,38)(H,35,41)/t28-,29-/m1/s1. The second kappa shape index (κ2) is 11.6. The predicted molar refractivity (Wildman–Crippen MR) is 166 cm³/mol. The molecule has 1 aliphatic heterocycles. The highest BCUT2D eigenvalue weighted by Gasteiger charge is 2.42. The SMILES string of the molecule is CCOc1ccc(-n2cccc2[C@@H]2[C@@H](c3ccccn3)NC(=S)N2c2ccc(NC(=O)C(C)(C)C)c(OC)c2)cc1. The molecule has 3 heterocycles. The lowest BCUT2D eigenvalue weighted by Crippen LogP contribution is -2.30. The minimum Gasteiger partial charge on any atom is -0.494 e. The lowest BCUT2D eigenvalue weighted by molar-refractivity contribution is -0.123. The maximum absolute atomic E-state index is 12.7. The second-order valence-corrected chi connectivity index (χ2v) is 11.2. The van der Waals surface area contributed by atoms with Gasteiger partial charge in [0.15, 0.2) is 5.11 Å². The molecule has 2 aromatic heterocycles. The van der Waals surface area contributed by atoms with Crippen LogP contribution in [0.3, 0.4) is 0 Å². The van der Waals surface area contributed by atoms with Gasteiger partial charge >= 0.3 is 0 Å². The molecule has 2 atom stereocenters. The summed E-state index contributed by atoms with van der Waals surface area (Å²) in [6.45, 7) is 8.21. The Hall–Kier alpha value is -4.37. The van der Waals surface area contributed by atoms with Gasteiger partial charge in [0.1, 0.15) is 17.5 Å². The van der Waals surface area contributed by atoms with Crippen molar-refractivity contribution in [1.82, 2.24) is 14.9 Å². The fraction of sp³-hybridized carbons (Fsp3) is 0.281. The number of rotatable bonds is 8. The van der Waals surface area contributed by atoms with Gasteiger partial charge in [-0.3, -0.25) is 9.78 Å². The molecular formula is C32H35N5O3S. The minimum absolute atomic E-state index is 0.0943. The Labute approximate surface area is 246 Å². The molecule has 0 radical (unpaired) electrons. The molecule has 212 valence electrons. The topological polar surface area (TPSA) is 80.7 Å². The van der Waals surface area contributed by atoms with Gasteiger partial charge < -0.3 is 29.6 Å². The third kappa shape index (κ3) is 5.76. The number of thiocarbonyl (C=S) groups is 1. The molecule has 8 nitrogen and oxygen atoms in total. The summed E-state index contributed by atoms with van der Waals surface area (Å²) in [4.78, 5) is 19.5. The summed E-state index contributed by atoms with van der Waals surface area (Å²) >= 11 is 5.94. The first-order chi connectivity index (χ1) is 19.7. The van der Waals surface area contributed by atoms with Gasteiger partial charge in [0.05, 0.1) is 31.1 Å². The number of ether oxygens (including phenoxy) is 2. The average Bonchev–Trinajstić information content (AvgIpc) is 3.58. The lowest BCUT2D eigenvalue weighted by atomic mass is 9.95. The minimum atomic E-state index is -0.544. The number of nitrogens with one attached hydrogen (secondary N) is 2. The molecule has 9 heteroatoms. The number of hydrogen-bond acceptors (Lipinski definition) is 5. The molecule has 5 rings (SSSR count). The van der Waals surface area contributed by atoms with Crippen molar-refractivity contribution in [3.05, 3.63) is 96.6 Å². The van der Waals surface area contributed by atoms with Crippen LogP contribution in [0.15, 0.2) is 85.2 Å². The van der Waals surface area contributed by atoms with Crippen molar-refractivity contribution in [1.29, 1.82) is 0 Å². The van der Waals surface area contributed by atoms with E-state index in [2.05, 4.69) is 31.2 Å². The summed E-state index contributed by atoms with van der Waals surface area (Å²) < 4.78 is 13.5. The van der Waals surface area contributed by atoms with E-state index < -0.39 is 5.41 Å². The van der Waals surface area contributed by atoms with E-state index in [0.29, 0.717) is 23.2 Å². The van der Waals surface area contributed by atoms with Crippen molar-refractivity contribution in [3.63, 3.8) is 0 Å². The molecule has 41 heavy (non-hydrogen) atoms. The number of nitrogens with zero attached hydrogens (tertiary/aromatic N) is 3. The summed E-state index contributed by atoms with van der Waals surface area (Å²) in [5.41, 5.74) is 3.80. The second-order valence-electron chi connectivity index (χ2n) is 10.8. The largest absolute Gasteiger partial charge is 0.494 e. The monoisotopic (exact) mass is 569 g/mol. The van der Waals surface area contributed by atoms with E-state index in [1.165, 1.54) is 0 Å². The third-order valence-electron chi connectivity index (χ3n) is 7.00. The van der Waals surface area contributed by atoms with Crippen LogP contribution < -0.4 is 25.0 Å². The van der Waals surface area contributed by atoms with Gasteiger partial charge in [0.2, 0.25) is 5.91 Å². The molecular weight excluding hydrogens is 534 g/mol. The summed E-state index contributed by atoms with van der Waals surface area (Å²) in [5, 5.41) is 7.08. The lowest BCUT2D eigenvalue weighted by Gasteiger charge is -2.29. The maximum atomic E-state index is 12.7. The molecule has 2 aromatic carbocycles. The highest BCUT2D eigenvalue weighted by atomic mass is 32.1. The quantitative estimate of drug-likeness (QED) is 0.236. The number of carbonyl (C=O) groups excluding carboxylic acids is 1. The van der Waals surface area contributed by atoms with Crippen molar-refractivity contribution in [3.8, 4) is 17.2 Å². The molecule has 4 aromatic rings. The fourth-order valence-electron chi connectivity index (χ4n) is 4.92. The zero-order chi connectivity index (χ0) is 29.1. The van der Waals surface area contributed by atoms with Crippen LogP contribution in [0.25, 0.3) is 5.69 Å². The van der Waals surface area contributed by atoms with Gasteiger partial charge in [-0.05, 0) is 79.8 Å². The van der Waals surface area contributed by atoms with Gasteiger partial charge in [-0.15, -0.1) is 0 Å². The maximum Gasteiger partial charge on any atom is 0.229 e. The zero-order valence-corrected chi connectivity index (χ0v) is 24.7. The number of amides is 1. The Morgan fingerprint density at radius 1 is 1.05 bits per heavy atom. The van der Waals surface area contributed by atoms with E-state index in [0.717, 1.165) is 28.5 Å². The molecule has 1 aliphatic rings. The van der Waals surface area contributed by atoms with Crippen LogP contribution in [-0.2, 0) is 4.79 Å². The van der Waals surface area contributed by atoms with Crippen molar-refractivity contribution in [2.24, 2.45) is 5.41 Å². The summed E-state index contributed by atoms with van der Waals surface area (Å²) in [5.74, 6) is 1.28. The van der Waals surface area contributed by atoms with Crippen LogP contribution >= 0.6 is 12.2 Å². The first-order valence-corrected chi connectivity index (χ1v) is 14.0. The Bertz CT molecular complexity index is 1530. The summed E-state index contributed by atoms with van der Waals surface area (Å²) in [6, 6.07) is 23.3. The summed E-state index contributed by atoms with van der Waals surface area (Å²) in [7, 11) is 1.59. The average molecular weight is 570 g/mol. The normalized spacial score (nSPS) is 16.8. The van der Waals surface area contributed by atoms with Crippen LogP contribution in [0.2, 0.25) is 0 Å². The zero-order valence-electron chi connectivity index (χ0n) is 23.9. The molecule has 0 bridgehead atoms. The Balaban J connectivity index is 1.58. The Morgan fingerprint density at radius 2 is 1.80 bits per heavy atom. The molecule has 0 aliphatic carbocycles. The van der Waals surface area contributed by atoms with Crippen molar-refractivity contribution in [2.75, 3.05) is 23.9 Å². The van der Waals surface area contributed by atoms with Crippen molar-refractivity contribution in [2.45, 2.75) is 39.8 Å². The molecule has 0 unspecified atom stereocenters. The predicted octanol–water partition coefficient (Wildman–Crippen LogP) is 6.44. The van der Waals surface area contributed by atoms with E-state index in [4.69, 9.17) is 21.7 Å². The van der Waals surface area contributed by atoms with Crippen molar-refractivity contribution < 1.29 is 14.3 Å². The molecule has 2 N–H and O–H groups in total. The first-order valence-electron chi connectivity index (χ1n) is 13.6. The number of methoxy groups -OCH3 is 1. The molecule has 1 fully saturated rings. The number of benzene rings is 2. The van der Waals surface area contributed by atoms with Gasteiger partial charge in [-0.1, -0.05) is 26.8 Å². The number of hydrogen-bond donors (Lipinski definition) is 2. The molecule has 0 saturated carbocycles. The summed E-state index contributed by atoms with van der Waals surface area (Å²) in [6.07, 6.45) is 3.84. The highest BCUT2D eigenvalue weighted by molar-refractivity contribution is 7.80. The van der Waals surface area contributed by atoms with E-state index in [-0.39, 0.29) is 18.0 Å². The Kier molecular flexibility index (Phi) is 7.99. The third-order valence-corrected chi connectivity index (χ3v) is 7.31. The molecule has 1 amide bonds. The number of anilines is 2. The van der Waals surface area contributed by atoms with E-state index in [1.54, 1.807) is 13.3 Å².